The molecule has 0 aromatic carbocycles. The van der Waals surface area contributed by atoms with Crippen molar-refractivity contribution in [2.24, 2.45) is 0 Å². The number of anilines is 1. The lowest BCUT2D eigenvalue weighted by molar-refractivity contribution is -0.146. The van der Waals surface area contributed by atoms with Crippen LogP contribution in [-0.4, -0.2) is 36.8 Å². The zero-order valence-corrected chi connectivity index (χ0v) is 14.0. The fourth-order valence-corrected chi connectivity index (χ4v) is 3.19. The van der Waals surface area contributed by atoms with Crippen molar-refractivity contribution in [3.63, 3.8) is 0 Å². The maximum absolute atomic E-state index is 13.0. The summed E-state index contributed by atoms with van der Waals surface area (Å²) in [7, 11) is 1.63. The number of nitrogens with zero attached hydrogens (tertiary/aromatic N) is 6. The minimum absolute atomic E-state index is 0.0132. The Bertz CT molecular complexity index is 1160. The summed E-state index contributed by atoms with van der Waals surface area (Å²) >= 11 is 1.29. The van der Waals surface area contributed by atoms with Crippen molar-refractivity contribution in [3.05, 3.63) is 45.6 Å². The SMILES string of the molecule is CN(Cc1nc2ccsc2c(=O)[nH]1)c1ccc2nnc(C(F)(F)F)n2n1. The Morgan fingerprint density at radius 2 is 2.08 bits per heavy atom. The molecule has 12 heteroatoms. The average Bonchev–Trinajstić information content (AvgIpc) is 3.20. The molecular weight excluding hydrogens is 371 g/mol. The highest BCUT2D eigenvalue weighted by atomic mass is 32.1. The quantitative estimate of drug-likeness (QED) is 0.584. The van der Waals surface area contributed by atoms with E-state index in [0.29, 0.717) is 20.6 Å². The van der Waals surface area contributed by atoms with Gasteiger partial charge in [-0.15, -0.1) is 26.6 Å². The molecule has 0 aliphatic rings. The molecule has 0 spiro atoms. The highest BCUT2D eigenvalue weighted by molar-refractivity contribution is 7.17. The first-order valence-electron chi connectivity index (χ1n) is 7.30. The molecule has 0 amide bonds. The molecule has 4 aromatic rings. The van der Waals surface area contributed by atoms with E-state index < -0.39 is 12.0 Å². The summed E-state index contributed by atoms with van der Waals surface area (Å²) in [4.78, 5) is 20.6. The molecule has 0 saturated heterocycles. The molecule has 4 heterocycles. The van der Waals surface area contributed by atoms with Crippen LogP contribution in [0.2, 0.25) is 0 Å². The fourth-order valence-electron chi connectivity index (χ4n) is 2.46. The van der Waals surface area contributed by atoms with Gasteiger partial charge in [0.25, 0.3) is 11.4 Å². The predicted octanol–water partition coefficient (Wildman–Crippen LogP) is 2.08. The van der Waals surface area contributed by atoms with Crippen LogP contribution in [0.15, 0.2) is 28.4 Å². The van der Waals surface area contributed by atoms with E-state index >= 15 is 0 Å². The largest absolute Gasteiger partial charge is 0.453 e. The normalized spacial score (nSPS) is 12.2. The molecule has 0 aliphatic carbocycles. The number of aromatic nitrogens is 6. The molecule has 0 fully saturated rings. The van der Waals surface area contributed by atoms with Crippen LogP contribution in [0.1, 0.15) is 11.6 Å². The number of hydrogen-bond acceptors (Lipinski definition) is 7. The van der Waals surface area contributed by atoms with Gasteiger partial charge in [-0.25, -0.2) is 4.98 Å². The van der Waals surface area contributed by atoms with Gasteiger partial charge in [-0.1, -0.05) is 0 Å². The molecule has 0 saturated carbocycles. The molecule has 0 unspecified atom stereocenters. The summed E-state index contributed by atoms with van der Waals surface area (Å²) in [6.45, 7) is 0.156. The molecule has 4 rings (SSSR count). The Morgan fingerprint density at radius 1 is 1.27 bits per heavy atom. The van der Waals surface area contributed by atoms with Crippen LogP contribution >= 0.6 is 11.3 Å². The molecule has 1 N–H and O–H groups in total. The van der Waals surface area contributed by atoms with E-state index in [-0.39, 0.29) is 23.6 Å². The molecular formula is C14H10F3N7OS. The van der Waals surface area contributed by atoms with Crippen LogP contribution in [0.3, 0.4) is 0 Å². The topological polar surface area (TPSA) is 92.1 Å². The summed E-state index contributed by atoms with van der Waals surface area (Å²) in [6.07, 6.45) is -4.67. The van der Waals surface area contributed by atoms with Gasteiger partial charge in [-0.05, 0) is 23.6 Å². The van der Waals surface area contributed by atoms with Gasteiger partial charge in [-0.3, -0.25) is 4.79 Å². The summed E-state index contributed by atoms with van der Waals surface area (Å²) in [6, 6.07) is 4.64. The first-order valence-corrected chi connectivity index (χ1v) is 8.18. The molecule has 0 atom stereocenters. The number of H-pyrrole nitrogens is 1. The van der Waals surface area contributed by atoms with E-state index in [1.54, 1.807) is 23.4 Å². The van der Waals surface area contributed by atoms with E-state index in [1.807, 2.05) is 0 Å². The number of halogens is 3. The van der Waals surface area contributed by atoms with Crippen molar-refractivity contribution < 1.29 is 13.2 Å². The second kappa shape index (κ2) is 5.76. The second-order valence-corrected chi connectivity index (χ2v) is 6.40. The number of hydrogen-bond donors (Lipinski definition) is 1. The molecule has 4 aromatic heterocycles. The first kappa shape index (κ1) is 16.4. The lowest BCUT2D eigenvalue weighted by atomic mass is 10.4. The smallest absolute Gasteiger partial charge is 0.351 e. The van der Waals surface area contributed by atoms with E-state index in [0.717, 1.165) is 0 Å². The minimum atomic E-state index is -4.67. The van der Waals surface area contributed by atoms with Gasteiger partial charge in [0.2, 0.25) is 0 Å². The van der Waals surface area contributed by atoms with E-state index in [2.05, 4.69) is 25.3 Å². The van der Waals surface area contributed by atoms with E-state index in [4.69, 9.17) is 0 Å². The number of aromatic amines is 1. The number of thiophene rings is 1. The van der Waals surface area contributed by atoms with Gasteiger partial charge in [0, 0.05) is 7.05 Å². The molecule has 134 valence electrons. The third-order valence-electron chi connectivity index (χ3n) is 3.64. The van der Waals surface area contributed by atoms with Gasteiger partial charge in [0.15, 0.2) is 5.65 Å². The van der Waals surface area contributed by atoms with Crippen LogP contribution in [0.5, 0.6) is 0 Å². The number of fused-ring (bicyclic) bond motifs is 2. The van der Waals surface area contributed by atoms with E-state index in [9.17, 15) is 18.0 Å². The fraction of sp³-hybridized carbons (Fsp3) is 0.214. The Balaban J connectivity index is 1.68. The van der Waals surface area contributed by atoms with Crippen LogP contribution in [0, 0.1) is 0 Å². The van der Waals surface area contributed by atoms with Crippen LogP contribution in [0.25, 0.3) is 15.9 Å². The van der Waals surface area contributed by atoms with Crippen molar-refractivity contribution in [3.8, 4) is 0 Å². The van der Waals surface area contributed by atoms with E-state index in [1.165, 1.54) is 23.5 Å². The molecule has 8 nitrogen and oxygen atoms in total. The van der Waals surface area contributed by atoms with Crippen molar-refractivity contribution in [1.29, 1.82) is 0 Å². The lowest BCUT2D eigenvalue weighted by Gasteiger charge is -2.17. The molecule has 26 heavy (non-hydrogen) atoms. The lowest BCUT2D eigenvalue weighted by Crippen LogP contribution is -2.23. The number of nitrogens with one attached hydrogen (secondary N) is 1. The average molecular weight is 381 g/mol. The highest BCUT2D eigenvalue weighted by Gasteiger charge is 2.37. The summed E-state index contributed by atoms with van der Waals surface area (Å²) in [5.74, 6) is -0.574. The summed E-state index contributed by atoms with van der Waals surface area (Å²) < 4.78 is 40.1. The van der Waals surface area contributed by atoms with Gasteiger partial charge in [-0.2, -0.15) is 17.7 Å². The monoisotopic (exact) mass is 381 g/mol. The number of rotatable bonds is 3. The zero-order chi connectivity index (χ0) is 18.5. The van der Waals surface area contributed by atoms with Gasteiger partial charge in [0.05, 0.1) is 12.1 Å². The molecule has 0 bridgehead atoms. The van der Waals surface area contributed by atoms with Gasteiger partial charge >= 0.3 is 6.18 Å². The highest BCUT2D eigenvalue weighted by Crippen LogP contribution is 2.28. The Labute approximate surface area is 146 Å². The zero-order valence-electron chi connectivity index (χ0n) is 13.2. The van der Waals surface area contributed by atoms with Gasteiger partial charge < -0.3 is 9.88 Å². The van der Waals surface area contributed by atoms with Crippen molar-refractivity contribution >= 4 is 33.0 Å². The third kappa shape index (κ3) is 2.77. The Hall–Kier alpha value is -3.02. The van der Waals surface area contributed by atoms with Crippen LogP contribution < -0.4 is 10.5 Å². The van der Waals surface area contributed by atoms with Crippen molar-refractivity contribution in [2.75, 3.05) is 11.9 Å². The first-order chi connectivity index (χ1) is 12.3. The van der Waals surface area contributed by atoms with Crippen molar-refractivity contribution in [1.82, 2.24) is 29.8 Å². The summed E-state index contributed by atoms with van der Waals surface area (Å²) in [5.41, 5.74) is 0.305. The van der Waals surface area contributed by atoms with Crippen molar-refractivity contribution in [2.45, 2.75) is 12.7 Å². The van der Waals surface area contributed by atoms with Crippen LogP contribution in [0.4, 0.5) is 19.0 Å². The second-order valence-electron chi connectivity index (χ2n) is 5.49. The minimum Gasteiger partial charge on any atom is -0.351 e. The maximum Gasteiger partial charge on any atom is 0.453 e. The molecule has 0 radical (unpaired) electrons. The van der Waals surface area contributed by atoms with Gasteiger partial charge in [0.1, 0.15) is 16.3 Å². The predicted molar refractivity (Wildman–Crippen MR) is 88.1 cm³/mol. The summed E-state index contributed by atoms with van der Waals surface area (Å²) in [5, 5.41) is 12.3. The standard InChI is InChI=1S/C14H10F3N7OS/c1-23(6-8-18-7-4-5-26-11(7)12(25)19-8)10-3-2-9-20-21-13(14(15,16)17)24(9)22-10/h2-5H,6H2,1H3,(H,18,19,25). The Morgan fingerprint density at radius 3 is 2.85 bits per heavy atom. The molecule has 0 aliphatic heterocycles. The maximum atomic E-state index is 13.0. The Kier molecular flexibility index (Phi) is 3.64. The third-order valence-corrected chi connectivity index (χ3v) is 4.55. The van der Waals surface area contributed by atoms with Crippen LogP contribution in [-0.2, 0) is 12.7 Å². The number of alkyl halides is 3.